The minimum atomic E-state index is -0.762. The van der Waals surface area contributed by atoms with Crippen molar-refractivity contribution in [3.63, 3.8) is 0 Å². The molecule has 0 amide bonds. The number of carbonyl (C=O) groups excluding carboxylic acids is 1. The van der Waals surface area contributed by atoms with E-state index in [1.807, 2.05) is 43.3 Å². The highest BCUT2D eigenvalue weighted by Gasteiger charge is 2.38. The number of halogens is 1. The van der Waals surface area contributed by atoms with Gasteiger partial charge in [0.05, 0.1) is 18.1 Å². The van der Waals surface area contributed by atoms with E-state index in [2.05, 4.69) is 0 Å². The van der Waals surface area contributed by atoms with Gasteiger partial charge in [0.1, 0.15) is 11.3 Å². The highest BCUT2D eigenvalue weighted by molar-refractivity contribution is 6.30. The van der Waals surface area contributed by atoms with Gasteiger partial charge in [-0.1, -0.05) is 54.1 Å². The second kappa shape index (κ2) is 9.55. The van der Waals surface area contributed by atoms with Gasteiger partial charge in [-0.3, -0.25) is 4.79 Å². The highest BCUT2D eigenvalue weighted by Crippen LogP contribution is 2.41. The van der Waals surface area contributed by atoms with Crippen molar-refractivity contribution in [2.75, 3.05) is 6.61 Å². The van der Waals surface area contributed by atoms with E-state index in [-0.39, 0.29) is 23.6 Å². The molecule has 33 heavy (non-hydrogen) atoms. The molecular formula is C26H25ClN2O4. The van der Waals surface area contributed by atoms with Crippen molar-refractivity contribution in [3.05, 3.63) is 110 Å². The number of nitrogens with two attached hydrogens (primary N) is 1. The fourth-order valence-corrected chi connectivity index (χ4v) is 4.38. The molecule has 0 fully saturated rings. The summed E-state index contributed by atoms with van der Waals surface area (Å²) in [6, 6.07) is 18.8. The van der Waals surface area contributed by atoms with Crippen LogP contribution in [0, 0.1) is 6.92 Å². The van der Waals surface area contributed by atoms with Crippen molar-refractivity contribution >= 4 is 17.6 Å². The van der Waals surface area contributed by atoms with Gasteiger partial charge < -0.3 is 19.8 Å². The van der Waals surface area contributed by atoms with Crippen LogP contribution in [-0.2, 0) is 22.5 Å². The molecule has 4 rings (SSSR count). The van der Waals surface area contributed by atoms with Gasteiger partial charge in [0.15, 0.2) is 0 Å². The van der Waals surface area contributed by atoms with Crippen LogP contribution < -0.4 is 16.0 Å². The third-order valence-electron chi connectivity index (χ3n) is 5.71. The van der Waals surface area contributed by atoms with Crippen molar-refractivity contribution < 1.29 is 14.3 Å². The Bertz CT molecular complexity index is 1280. The molecule has 2 aromatic carbocycles. The van der Waals surface area contributed by atoms with Crippen LogP contribution in [0.5, 0.6) is 5.75 Å². The van der Waals surface area contributed by atoms with E-state index in [4.69, 9.17) is 26.8 Å². The number of benzene rings is 2. The lowest BCUT2D eigenvalue weighted by atomic mass is 9.83. The molecule has 0 aliphatic carbocycles. The van der Waals surface area contributed by atoms with Gasteiger partial charge in [-0.05, 0) is 43.5 Å². The van der Waals surface area contributed by atoms with E-state index in [0.29, 0.717) is 34.9 Å². The molecular weight excluding hydrogens is 440 g/mol. The van der Waals surface area contributed by atoms with Gasteiger partial charge in [0.25, 0.3) is 5.56 Å². The Morgan fingerprint density at radius 2 is 1.91 bits per heavy atom. The Labute approximate surface area is 197 Å². The summed E-state index contributed by atoms with van der Waals surface area (Å²) in [5.41, 5.74) is 8.91. The minimum Gasteiger partial charge on any atom is -0.462 e. The second-order valence-corrected chi connectivity index (χ2v) is 8.28. The normalized spacial score (nSPS) is 15.1. The summed E-state index contributed by atoms with van der Waals surface area (Å²) in [5.74, 6) is -1.13. The van der Waals surface area contributed by atoms with Gasteiger partial charge in [-0.25, -0.2) is 4.79 Å². The number of esters is 1. The predicted octanol–water partition coefficient (Wildman–Crippen LogP) is 4.31. The predicted molar refractivity (Wildman–Crippen MR) is 127 cm³/mol. The first-order valence-electron chi connectivity index (χ1n) is 10.8. The van der Waals surface area contributed by atoms with Crippen LogP contribution in [0.1, 0.15) is 35.2 Å². The van der Waals surface area contributed by atoms with E-state index in [9.17, 15) is 9.59 Å². The van der Waals surface area contributed by atoms with Crippen molar-refractivity contribution in [1.82, 2.24) is 4.57 Å². The molecule has 170 valence electrons. The minimum absolute atomic E-state index is 0.0771. The van der Waals surface area contributed by atoms with Crippen LogP contribution in [0.25, 0.3) is 0 Å². The number of rotatable bonds is 6. The lowest BCUT2D eigenvalue weighted by Gasteiger charge is -2.29. The van der Waals surface area contributed by atoms with Gasteiger partial charge >= 0.3 is 5.97 Å². The van der Waals surface area contributed by atoms with Crippen molar-refractivity contribution in [3.8, 4) is 5.75 Å². The topological polar surface area (TPSA) is 83.5 Å². The molecule has 0 bridgehead atoms. The largest absolute Gasteiger partial charge is 0.462 e. The fraction of sp³-hybridized carbons (Fsp3) is 0.231. The molecule has 2 N–H and O–H groups in total. The van der Waals surface area contributed by atoms with E-state index in [1.54, 1.807) is 35.8 Å². The monoisotopic (exact) mass is 464 g/mol. The van der Waals surface area contributed by atoms with E-state index in [0.717, 1.165) is 11.3 Å². The number of aryl methyl sites for hydroxylation is 2. The molecule has 0 radical (unpaired) electrons. The van der Waals surface area contributed by atoms with E-state index in [1.165, 1.54) is 0 Å². The Morgan fingerprint density at radius 3 is 2.61 bits per heavy atom. The number of hydrogen-bond donors (Lipinski definition) is 1. The third kappa shape index (κ3) is 4.52. The molecule has 1 aliphatic rings. The van der Waals surface area contributed by atoms with Crippen LogP contribution in [0.2, 0.25) is 5.02 Å². The summed E-state index contributed by atoms with van der Waals surface area (Å²) in [7, 11) is 0. The first-order chi connectivity index (χ1) is 15.9. The number of nitrogens with zero attached hydrogens (tertiary/aromatic N) is 1. The summed E-state index contributed by atoms with van der Waals surface area (Å²) in [6.07, 6.45) is 0.686. The molecule has 1 aliphatic heterocycles. The molecule has 6 nitrogen and oxygen atoms in total. The smallest absolute Gasteiger partial charge is 0.340 e. The summed E-state index contributed by atoms with van der Waals surface area (Å²) < 4.78 is 12.7. The standard InChI is InChI=1S/C26H25ClN2O4/c1-3-32-26(31)23-21(18-10-7-11-19(27)15-18)22-20(33-24(23)28)14-16(2)29(25(22)30)13-12-17-8-5-4-6-9-17/h4-11,14-15,21H,3,12-13,28H2,1-2H3/t21-/m1/s1. The molecule has 7 heteroatoms. The van der Waals surface area contributed by atoms with Gasteiger partial charge in [-0.15, -0.1) is 0 Å². The van der Waals surface area contributed by atoms with E-state index < -0.39 is 11.9 Å². The number of ether oxygens (including phenoxy) is 2. The average molecular weight is 465 g/mol. The molecule has 0 unspecified atom stereocenters. The molecule has 3 aromatic rings. The maximum Gasteiger partial charge on any atom is 0.340 e. The zero-order chi connectivity index (χ0) is 23.5. The van der Waals surface area contributed by atoms with Gasteiger partial charge in [-0.2, -0.15) is 0 Å². The Hall–Kier alpha value is -3.51. The maximum atomic E-state index is 13.8. The summed E-state index contributed by atoms with van der Waals surface area (Å²) in [5, 5.41) is 0.485. The molecule has 2 heterocycles. The Kier molecular flexibility index (Phi) is 6.56. The summed E-state index contributed by atoms with van der Waals surface area (Å²) in [4.78, 5) is 26.7. The van der Waals surface area contributed by atoms with Crippen LogP contribution in [0.15, 0.2) is 76.9 Å². The van der Waals surface area contributed by atoms with Crippen LogP contribution >= 0.6 is 11.6 Å². The zero-order valence-corrected chi connectivity index (χ0v) is 19.3. The van der Waals surface area contributed by atoms with Crippen molar-refractivity contribution in [2.45, 2.75) is 32.7 Å². The average Bonchev–Trinajstić information content (AvgIpc) is 2.78. The second-order valence-electron chi connectivity index (χ2n) is 7.84. The van der Waals surface area contributed by atoms with Crippen LogP contribution in [0.4, 0.5) is 0 Å². The fourth-order valence-electron chi connectivity index (χ4n) is 4.18. The summed E-state index contributed by atoms with van der Waals surface area (Å²) in [6.45, 7) is 4.21. The first-order valence-corrected chi connectivity index (χ1v) is 11.2. The highest BCUT2D eigenvalue weighted by atomic mass is 35.5. The number of hydrogen-bond acceptors (Lipinski definition) is 5. The maximum absolute atomic E-state index is 13.8. The van der Waals surface area contributed by atoms with Crippen molar-refractivity contribution in [2.24, 2.45) is 5.73 Å². The Balaban J connectivity index is 1.86. The van der Waals surface area contributed by atoms with Crippen molar-refractivity contribution in [1.29, 1.82) is 0 Å². The number of fused-ring (bicyclic) bond motifs is 1. The lowest BCUT2D eigenvalue weighted by molar-refractivity contribution is -0.139. The third-order valence-corrected chi connectivity index (χ3v) is 5.95. The van der Waals surface area contributed by atoms with Crippen LogP contribution in [-0.4, -0.2) is 17.1 Å². The molecule has 0 saturated heterocycles. The first kappa shape index (κ1) is 22.7. The van der Waals surface area contributed by atoms with Gasteiger partial charge in [0, 0.05) is 23.3 Å². The van der Waals surface area contributed by atoms with Crippen LogP contribution in [0.3, 0.4) is 0 Å². The Morgan fingerprint density at radius 1 is 1.15 bits per heavy atom. The van der Waals surface area contributed by atoms with Gasteiger partial charge in [0.2, 0.25) is 5.88 Å². The molecule has 1 aromatic heterocycles. The number of carbonyl (C=O) groups is 1. The zero-order valence-electron chi connectivity index (χ0n) is 18.5. The number of pyridine rings is 1. The summed E-state index contributed by atoms with van der Waals surface area (Å²) >= 11 is 6.25. The SMILES string of the molecule is CCOC(=O)C1=C(N)Oc2cc(C)n(CCc3ccccc3)c(=O)c2[C@H]1c1cccc(Cl)c1. The quantitative estimate of drug-likeness (QED) is 0.549. The van der Waals surface area contributed by atoms with E-state index >= 15 is 0 Å². The molecule has 1 atom stereocenters. The molecule has 0 saturated carbocycles. The number of aromatic nitrogens is 1. The molecule has 0 spiro atoms. The lowest BCUT2D eigenvalue weighted by Crippen LogP contribution is -2.35.